The number of hydrogen-bond acceptors (Lipinski definition) is 3. The van der Waals surface area contributed by atoms with Crippen LogP contribution < -0.4 is 0 Å². The van der Waals surface area contributed by atoms with Gasteiger partial charge in [0.1, 0.15) is 5.69 Å². The van der Waals surface area contributed by atoms with Crippen molar-refractivity contribution in [2.24, 2.45) is 0 Å². The molecule has 0 spiro atoms. The zero-order valence-electron chi connectivity index (χ0n) is 29.9. The van der Waals surface area contributed by atoms with Gasteiger partial charge in [0.15, 0.2) is 5.82 Å². The highest BCUT2D eigenvalue weighted by Gasteiger charge is 2.23. The van der Waals surface area contributed by atoms with E-state index in [4.69, 9.17) is 15.1 Å². The van der Waals surface area contributed by atoms with Crippen molar-refractivity contribution in [3.8, 4) is 78.7 Å². The fourth-order valence-electron chi connectivity index (χ4n) is 7.64. The Bertz CT molecular complexity index is 2860. The van der Waals surface area contributed by atoms with Crippen LogP contribution in [0, 0.1) is 0 Å². The van der Waals surface area contributed by atoms with Crippen LogP contribution in [0.4, 0.5) is 0 Å². The monoisotopic (exact) mass is 702 g/mol. The van der Waals surface area contributed by atoms with Crippen molar-refractivity contribution in [1.82, 2.24) is 19.6 Å². The van der Waals surface area contributed by atoms with Crippen molar-refractivity contribution < 1.29 is 0 Å². The standard InChI is InChI=1S/C51H34N4/c1-6-18-35(19-7-1)44-34-42-28-16-17-29-43(42)50-46(49(54-55(44)50)40-24-12-4-13-25-40)37-32-30-36(31-33-37)45-47(38-20-8-2-9-21-38)52-51(41-26-14-5-15-27-41)53-48(45)39-22-10-3-11-23-39/h1-34H. The molecule has 4 nitrogen and oxygen atoms in total. The number of hydrogen-bond donors (Lipinski definition) is 0. The van der Waals surface area contributed by atoms with Crippen LogP contribution in [0.2, 0.25) is 0 Å². The van der Waals surface area contributed by atoms with Crippen molar-refractivity contribution in [3.63, 3.8) is 0 Å². The molecule has 3 heterocycles. The molecule has 0 aliphatic heterocycles. The minimum Gasteiger partial charge on any atom is -0.231 e. The number of rotatable bonds is 7. The van der Waals surface area contributed by atoms with Gasteiger partial charge in [-0.25, -0.2) is 14.5 Å². The normalized spacial score (nSPS) is 11.3. The van der Waals surface area contributed by atoms with Crippen LogP contribution in [0.25, 0.3) is 95.0 Å². The molecule has 0 aliphatic carbocycles. The zero-order valence-corrected chi connectivity index (χ0v) is 29.9. The van der Waals surface area contributed by atoms with Crippen LogP contribution in [-0.2, 0) is 0 Å². The first kappa shape index (κ1) is 32.2. The predicted octanol–water partition coefficient (Wildman–Crippen LogP) is 12.9. The van der Waals surface area contributed by atoms with Crippen molar-refractivity contribution in [1.29, 1.82) is 0 Å². The lowest BCUT2D eigenvalue weighted by atomic mass is 9.91. The Labute approximate surface area is 319 Å². The number of aromatic nitrogens is 4. The molecule has 0 bridgehead atoms. The van der Waals surface area contributed by atoms with Crippen molar-refractivity contribution in [2.75, 3.05) is 0 Å². The summed E-state index contributed by atoms with van der Waals surface area (Å²) in [7, 11) is 0. The largest absolute Gasteiger partial charge is 0.231 e. The van der Waals surface area contributed by atoms with E-state index in [-0.39, 0.29) is 0 Å². The molecule has 0 unspecified atom stereocenters. The van der Waals surface area contributed by atoms with Crippen LogP contribution in [0.5, 0.6) is 0 Å². The summed E-state index contributed by atoms with van der Waals surface area (Å²) in [5, 5.41) is 7.73. The molecule has 0 N–H and O–H groups in total. The first-order valence-electron chi connectivity index (χ1n) is 18.5. The third-order valence-corrected chi connectivity index (χ3v) is 10.2. The van der Waals surface area contributed by atoms with Gasteiger partial charge in [-0.2, -0.15) is 5.10 Å². The Kier molecular flexibility index (Phi) is 8.12. The van der Waals surface area contributed by atoms with Gasteiger partial charge < -0.3 is 0 Å². The van der Waals surface area contributed by atoms with E-state index in [2.05, 4.69) is 180 Å². The van der Waals surface area contributed by atoms with E-state index in [1.54, 1.807) is 0 Å². The number of pyridine rings is 1. The summed E-state index contributed by atoms with van der Waals surface area (Å²) in [6, 6.07) is 71.9. The highest BCUT2D eigenvalue weighted by molar-refractivity contribution is 6.08. The van der Waals surface area contributed by atoms with E-state index in [0.29, 0.717) is 5.82 Å². The van der Waals surface area contributed by atoms with Crippen molar-refractivity contribution in [2.45, 2.75) is 0 Å². The van der Waals surface area contributed by atoms with E-state index < -0.39 is 0 Å². The maximum Gasteiger partial charge on any atom is 0.160 e. The van der Waals surface area contributed by atoms with Gasteiger partial charge in [0.25, 0.3) is 0 Å². The van der Waals surface area contributed by atoms with Crippen LogP contribution in [-0.4, -0.2) is 19.6 Å². The average Bonchev–Trinajstić information content (AvgIpc) is 3.68. The topological polar surface area (TPSA) is 43.1 Å². The van der Waals surface area contributed by atoms with Gasteiger partial charge in [-0.15, -0.1) is 0 Å². The van der Waals surface area contributed by atoms with Gasteiger partial charge in [0.2, 0.25) is 0 Å². The van der Waals surface area contributed by atoms with E-state index in [0.717, 1.165) is 83.7 Å². The third kappa shape index (κ3) is 5.87. The average molecular weight is 703 g/mol. The first-order chi connectivity index (χ1) is 27.3. The molecule has 10 aromatic rings. The summed E-state index contributed by atoms with van der Waals surface area (Å²) < 4.78 is 2.14. The summed E-state index contributed by atoms with van der Waals surface area (Å²) in [5.74, 6) is 0.693. The Balaban J connectivity index is 1.23. The van der Waals surface area contributed by atoms with Gasteiger partial charge in [-0.1, -0.05) is 200 Å². The van der Waals surface area contributed by atoms with Gasteiger partial charge in [0.05, 0.1) is 22.6 Å². The van der Waals surface area contributed by atoms with E-state index in [1.807, 2.05) is 30.3 Å². The molecule has 0 amide bonds. The number of benzene rings is 7. The van der Waals surface area contributed by atoms with Crippen molar-refractivity contribution >= 4 is 16.3 Å². The highest BCUT2D eigenvalue weighted by atomic mass is 15.2. The first-order valence-corrected chi connectivity index (χ1v) is 18.5. The van der Waals surface area contributed by atoms with Crippen LogP contribution in [0.3, 0.4) is 0 Å². The second-order valence-corrected chi connectivity index (χ2v) is 13.6. The third-order valence-electron chi connectivity index (χ3n) is 10.2. The molecule has 0 fully saturated rings. The predicted molar refractivity (Wildman–Crippen MR) is 226 cm³/mol. The quantitative estimate of drug-likeness (QED) is 0.166. The van der Waals surface area contributed by atoms with Crippen LogP contribution in [0.1, 0.15) is 0 Å². The molecule has 0 aliphatic rings. The number of nitrogens with zero attached hydrogens (tertiary/aromatic N) is 4. The SMILES string of the molecule is c1ccc(-c2nc(-c3ccccc3)c(-c3ccc(-c4c(-c5ccccc5)nn5c(-c6ccccc6)cc6ccccc6c45)cc3)c(-c3ccccc3)n2)cc1. The van der Waals surface area contributed by atoms with Gasteiger partial charge in [-0.05, 0) is 22.6 Å². The summed E-state index contributed by atoms with van der Waals surface area (Å²) >= 11 is 0. The molecule has 0 saturated heterocycles. The van der Waals surface area contributed by atoms with Crippen molar-refractivity contribution in [3.05, 3.63) is 206 Å². The highest BCUT2D eigenvalue weighted by Crippen LogP contribution is 2.43. The second-order valence-electron chi connectivity index (χ2n) is 13.6. The lowest BCUT2D eigenvalue weighted by Gasteiger charge is -2.17. The number of fused-ring (bicyclic) bond motifs is 3. The van der Waals surface area contributed by atoms with Gasteiger partial charge in [-0.3, -0.25) is 0 Å². The zero-order chi connectivity index (χ0) is 36.6. The van der Waals surface area contributed by atoms with Crippen LogP contribution >= 0.6 is 0 Å². The lowest BCUT2D eigenvalue weighted by Crippen LogP contribution is -2.00. The minimum absolute atomic E-state index is 0.693. The second kappa shape index (κ2) is 13.8. The Morgan fingerprint density at radius 2 is 0.745 bits per heavy atom. The molecule has 4 heteroatoms. The molecule has 3 aromatic heterocycles. The fraction of sp³-hybridized carbons (Fsp3) is 0. The molecular formula is C51H34N4. The van der Waals surface area contributed by atoms with E-state index in [1.165, 1.54) is 5.39 Å². The van der Waals surface area contributed by atoms with Crippen LogP contribution in [0.15, 0.2) is 206 Å². The summed E-state index contributed by atoms with van der Waals surface area (Å²) in [6.45, 7) is 0. The molecular weight excluding hydrogens is 669 g/mol. The maximum absolute atomic E-state index is 5.41. The molecule has 0 saturated carbocycles. The Morgan fingerprint density at radius 3 is 1.27 bits per heavy atom. The molecule has 0 radical (unpaired) electrons. The Hall–Kier alpha value is -7.43. The molecule has 10 rings (SSSR count). The molecule has 0 atom stereocenters. The summed E-state index contributed by atoms with van der Waals surface area (Å²) in [4.78, 5) is 10.6. The molecule has 258 valence electrons. The molecule has 55 heavy (non-hydrogen) atoms. The fourth-order valence-corrected chi connectivity index (χ4v) is 7.64. The maximum atomic E-state index is 5.41. The van der Waals surface area contributed by atoms with E-state index >= 15 is 0 Å². The minimum atomic E-state index is 0.693. The lowest BCUT2D eigenvalue weighted by molar-refractivity contribution is 0.979. The Morgan fingerprint density at radius 1 is 0.327 bits per heavy atom. The smallest absolute Gasteiger partial charge is 0.160 e. The summed E-state index contributed by atoms with van der Waals surface area (Å²) in [5.41, 5.74) is 14.3. The van der Waals surface area contributed by atoms with Gasteiger partial charge in [0, 0.05) is 44.3 Å². The van der Waals surface area contributed by atoms with E-state index in [9.17, 15) is 0 Å². The van der Waals surface area contributed by atoms with Gasteiger partial charge >= 0.3 is 0 Å². The molecule has 7 aromatic carbocycles. The summed E-state index contributed by atoms with van der Waals surface area (Å²) in [6.07, 6.45) is 0.